The Morgan fingerprint density at radius 3 is 2.70 bits per heavy atom. The summed E-state index contributed by atoms with van der Waals surface area (Å²) in [6.07, 6.45) is 7.18. The number of aromatic nitrogens is 3. The molecular formula is C20H28N4O2S. The van der Waals surface area contributed by atoms with Crippen LogP contribution in [0.25, 0.3) is 11.4 Å². The summed E-state index contributed by atoms with van der Waals surface area (Å²) in [6.45, 7) is 2.55. The minimum absolute atomic E-state index is 0.0752. The Morgan fingerprint density at radius 1 is 1.22 bits per heavy atom. The van der Waals surface area contributed by atoms with Crippen molar-refractivity contribution in [2.45, 2.75) is 56.6 Å². The van der Waals surface area contributed by atoms with Crippen LogP contribution < -0.4 is 10.1 Å². The van der Waals surface area contributed by atoms with E-state index < -0.39 is 0 Å². The standard InChI is InChI=1S/C20H28N4O2S/c1-3-26-17-13-9-8-12-16(17)19-22-23-20(24(19)2)27-14-18(25)21-15-10-6-4-5-7-11-15/h8-9,12-13,15H,3-7,10-11,14H2,1-2H3,(H,21,25). The number of rotatable bonds is 7. The summed E-state index contributed by atoms with van der Waals surface area (Å²) >= 11 is 1.42. The summed E-state index contributed by atoms with van der Waals surface area (Å²) in [4.78, 5) is 12.3. The highest BCUT2D eigenvalue weighted by molar-refractivity contribution is 7.99. The molecule has 0 atom stereocenters. The lowest BCUT2D eigenvalue weighted by molar-refractivity contribution is -0.119. The van der Waals surface area contributed by atoms with Crippen molar-refractivity contribution in [3.8, 4) is 17.1 Å². The number of amides is 1. The quantitative estimate of drug-likeness (QED) is 0.577. The molecule has 0 saturated heterocycles. The normalized spacial score (nSPS) is 15.3. The number of hydrogen-bond acceptors (Lipinski definition) is 5. The Morgan fingerprint density at radius 2 is 1.96 bits per heavy atom. The van der Waals surface area contributed by atoms with Crippen LogP contribution in [0.4, 0.5) is 0 Å². The SMILES string of the molecule is CCOc1ccccc1-c1nnc(SCC(=O)NC2CCCCCC2)n1C. The third kappa shape index (κ3) is 5.25. The van der Waals surface area contributed by atoms with Crippen molar-refractivity contribution in [2.24, 2.45) is 7.05 Å². The van der Waals surface area contributed by atoms with Gasteiger partial charge in [-0.3, -0.25) is 4.79 Å². The second kappa shape index (κ2) is 9.78. The summed E-state index contributed by atoms with van der Waals surface area (Å²) < 4.78 is 7.61. The molecule has 2 aromatic rings. The number of hydrogen-bond donors (Lipinski definition) is 1. The third-order valence-corrected chi connectivity index (χ3v) is 5.84. The van der Waals surface area contributed by atoms with E-state index in [0.29, 0.717) is 18.4 Å². The molecule has 1 fully saturated rings. The van der Waals surface area contributed by atoms with Crippen molar-refractivity contribution >= 4 is 17.7 Å². The van der Waals surface area contributed by atoms with E-state index in [0.717, 1.165) is 35.1 Å². The van der Waals surface area contributed by atoms with Gasteiger partial charge < -0.3 is 14.6 Å². The maximum absolute atomic E-state index is 12.3. The number of nitrogens with one attached hydrogen (secondary N) is 1. The number of carbonyl (C=O) groups excluding carboxylic acids is 1. The van der Waals surface area contributed by atoms with Crippen molar-refractivity contribution in [2.75, 3.05) is 12.4 Å². The smallest absolute Gasteiger partial charge is 0.230 e. The number of ether oxygens (including phenoxy) is 1. The predicted molar refractivity (Wildman–Crippen MR) is 108 cm³/mol. The van der Waals surface area contributed by atoms with Gasteiger partial charge in [-0.2, -0.15) is 0 Å². The molecule has 27 heavy (non-hydrogen) atoms. The lowest BCUT2D eigenvalue weighted by Gasteiger charge is -2.15. The molecule has 3 rings (SSSR count). The van der Waals surface area contributed by atoms with Crippen LogP contribution in [-0.4, -0.2) is 39.1 Å². The van der Waals surface area contributed by atoms with Gasteiger partial charge in [0.25, 0.3) is 0 Å². The second-order valence-electron chi connectivity index (χ2n) is 6.84. The largest absolute Gasteiger partial charge is 0.493 e. The first kappa shape index (κ1) is 19.7. The summed E-state index contributed by atoms with van der Waals surface area (Å²) in [7, 11) is 1.92. The fourth-order valence-electron chi connectivity index (χ4n) is 3.43. The first-order valence-electron chi connectivity index (χ1n) is 9.72. The minimum atomic E-state index is 0.0752. The Labute approximate surface area is 165 Å². The van der Waals surface area contributed by atoms with Gasteiger partial charge in [0.15, 0.2) is 11.0 Å². The maximum Gasteiger partial charge on any atom is 0.230 e. The number of benzene rings is 1. The zero-order chi connectivity index (χ0) is 19.1. The molecule has 0 bridgehead atoms. The molecule has 1 aromatic heterocycles. The highest BCUT2D eigenvalue weighted by Gasteiger charge is 2.18. The average molecular weight is 389 g/mol. The molecule has 1 amide bonds. The zero-order valence-electron chi connectivity index (χ0n) is 16.1. The van der Waals surface area contributed by atoms with E-state index in [2.05, 4.69) is 15.5 Å². The monoisotopic (exact) mass is 388 g/mol. The third-order valence-electron chi connectivity index (χ3n) is 4.82. The van der Waals surface area contributed by atoms with Crippen LogP contribution in [0, 0.1) is 0 Å². The highest BCUT2D eigenvalue weighted by atomic mass is 32.2. The summed E-state index contributed by atoms with van der Waals surface area (Å²) in [6, 6.07) is 8.13. The van der Waals surface area contributed by atoms with E-state index in [4.69, 9.17) is 4.74 Å². The van der Waals surface area contributed by atoms with E-state index in [9.17, 15) is 4.79 Å². The fraction of sp³-hybridized carbons (Fsp3) is 0.550. The van der Waals surface area contributed by atoms with E-state index >= 15 is 0 Å². The summed E-state index contributed by atoms with van der Waals surface area (Å²) in [5.74, 6) is 1.96. The number of carbonyl (C=O) groups is 1. The van der Waals surface area contributed by atoms with Crippen LogP contribution in [0.2, 0.25) is 0 Å². The lowest BCUT2D eigenvalue weighted by atomic mass is 10.1. The lowest BCUT2D eigenvalue weighted by Crippen LogP contribution is -2.35. The maximum atomic E-state index is 12.3. The molecule has 0 radical (unpaired) electrons. The first-order chi connectivity index (χ1) is 13.2. The van der Waals surface area contributed by atoms with Crippen molar-refractivity contribution in [3.05, 3.63) is 24.3 Å². The Balaban J connectivity index is 1.61. The van der Waals surface area contributed by atoms with Gasteiger partial charge in [0.1, 0.15) is 5.75 Å². The molecular weight excluding hydrogens is 360 g/mol. The second-order valence-corrected chi connectivity index (χ2v) is 7.78. The summed E-state index contributed by atoms with van der Waals surface area (Å²) in [5, 5.41) is 12.5. The average Bonchev–Trinajstić information content (AvgIpc) is 2.86. The Kier molecular flexibility index (Phi) is 7.15. The highest BCUT2D eigenvalue weighted by Crippen LogP contribution is 2.30. The molecule has 1 aliphatic rings. The molecule has 1 aliphatic carbocycles. The van der Waals surface area contributed by atoms with Crippen LogP contribution in [-0.2, 0) is 11.8 Å². The van der Waals surface area contributed by atoms with E-state index in [-0.39, 0.29) is 5.91 Å². The molecule has 1 N–H and O–H groups in total. The molecule has 146 valence electrons. The van der Waals surface area contributed by atoms with Crippen LogP contribution in [0.5, 0.6) is 5.75 Å². The van der Waals surface area contributed by atoms with Crippen LogP contribution in [0.3, 0.4) is 0 Å². The predicted octanol–water partition coefficient (Wildman–Crippen LogP) is 3.81. The number of para-hydroxylation sites is 1. The summed E-state index contributed by atoms with van der Waals surface area (Å²) in [5.41, 5.74) is 0.907. The molecule has 0 spiro atoms. The van der Waals surface area contributed by atoms with Gasteiger partial charge in [0, 0.05) is 13.1 Å². The Hall–Kier alpha value is -2.02. The van der Waals surface area contributed by atoms with Crippen molar-refractivity contribution in [1.82, 2.24) is 20.1 Å². The minimum Gasteiger partial charge on any atom is -0.493 e. The molecule has 1 saturated carbocycles. The molecule has 1 aromatic carbocycles. The van der Waals surface area contributed by atoms with Gasteiger partial charge in [-0.15, -0.1) is 10.2 Å². The van der Waals surface area contributed by atoms with Crippen LogP contribution >= 0.6 is 11.8 Å². The molecule has 0 aliphatic heterocycles. The van der Waals surface area contributed by atoms with Crippen molar-refractivity contribution in [1.29, 1.82) is 0 Å². The van der Waals surface area contributed by atoms with Gasteiger partial charge in [0.2, 0.25) is 5.91 Å². The van der Waals surface area contributed by atoms with Crippen LogP contribution in [0.15, 0.2) is 29.4 Å². The van der Waals surface area contributed by atoms with Gasteiger partial charge in [0.05, 0.1) is 17.9 Å². The first-order valence-corrected chi connectivity index (χ1v) is 10.7. The van der Waals surface area contributed by atoms with Crippen LogP contribution in [0.1, 0.15) is 45.4 Å². The van der Waals surface area contributed by atoms with E-state index in [1.54, 1.807) is 0 Å². The number of thioether (sulfide) groups is 1. The topological polar surface area (TPSA) is 69.0 Å². The van der Waals surface area contributed by atoms with Crippen molar-refractivity contribution in [3.63, 3.8) is 0 Å². The van der Waals surface area contributed by atoms with Crippen molar-refractivity contribution < 1.29 is 9.53 Å². The molecule has 6 nitrogen and oxygen atoms in total. The van der Waals surface area contributed by atoms with Gasteiger partial charge in [-0.05, 0) is 31.9 Å². The molecule has 0 unspecified atom stereocenters. The zero-order valence-corrected chi connectivity index (χ0v) is 16.9. The fourth-order valence-corrected chi connectivity index (χ4v) is 4.15. The van der Waals surface area contributed by atoms with Gasteiger partial charge >= 0.3 is 0 Å². The molecule has 7 heteroatoms. The van der Waals surface area contributed by atoms with Gasteiger partial charge in [-0.1, -0.05) is 49.6 Å². The van der Waals surface area contributed by atoms with Gasteiger partial charge in [-0.25, -0.2) is 0 Å². The number of nitrogens with zero attached hydrogens (tertiary/aromatic N) is 3. The van der Waals surface area contributed by atoms with E-state index in [1.165, 1.54) is 37.4 Å². The van der Waals surface area contributed by atoms with E-state index in [1.807, 2.05) is 42.8 Å². The molecule has 1 heterocycles. The Bertz CT molecular complexity index is 754.